The topological polar surface area (TPSA) is 78.2 Å². The van der Waals surface area contributed by atoms with Gasteiger partial charge in [0.05, 0.1) is 13.7 Å². The second kappa shape index (κ2) is 7.55. The van der Waals surface area contributed by atoms with Crippen molar-refractivity contribution in [3.63, 3.8) is 0 Å². The number of nitrogens with two attached hydrogens (primary N) is 2. The van der Waals surface area contributed by atoms with Gasteiger partial charge >= 0.3 is 0 Å². The maximum atomic E-state index is 10.7. The number of amides is 1. The summed E-state index contributed by atoms with van der Waals surface area (Å²) in [6, 6.07) is 5.68. The molecule has 0 aromatic heterocycles. The number of carbonyl (C=O) groups is 1. The van der Waals surface area contributed by atoms with E-state index in [0.717, 1.165) is 25.1 Å². The van der Waals surface area contributed by atoms with Crippen LogP contribution in [0, 0.1) is 0 Å². The zero-order valence-electron chi connectivity index (χ0n) is 10.9. The van der Waals surface area contributed by atoms with Gasteiger partial charge in [0.1, 0.15) is 6.54 Å². The highest BCUT2D eigenvalue weighted by atomic mass is 16.5. The van der Waals surface area contributed by atoms with Crippen molar-refractivity contribution in [2.45, 2.75) is 19.9 Å². The van der Waals surface area contributed by atoms with Gasteiger partial charge in [0.15, 0.2) is 18.1 Å². The van der Waals surface area contributed by atoms with Crippen LogP contribution in [0.3, 0.4) is 0 Å². The lowest BCUT2D eigenvalue weighted by Gasteiger charge is -2.10. The predicted molar refractivity (Wildman–Crippen MR) is 68.5 cm³/mol. The van der Waals surface area contributed by atoms with Gasteiger partial charge in [-0.2, -0.15) is 0 Å². The molecular weight excluding hydrogens is 232 g/mol. The van der Waals surface area contributed by atoms with E-state index in [-0.39, 0.29) is 6.61 Å². The van der Waals surface area contributed by atoms with E-state index in [9.17, 15) is 4.79 Å². The van der Waals surface area contributed by atoms with Crippen LogP contribution in [0.2, 0.25) is 0 Å². The first-order valence-corrected chi connectivity index (χ1v) is 6.07. The third-order valence-corrected chi connectivity index (χ3v) is 2.47. The minimum Gasteiger partial charge on any atom is -0.493 e. The van der Waals surface area contributed by atoms with E-state index >= 15 is 0 Å². The number of ether oxygens (including phenoxy) is 2. The van der Waals surface area contributed by atoms with Gasteiger partial charge in [-0.25, -0.2) is 0 Å². The molecule has 0 bridgehead atoms. The van der Waals surface area contributed by atoms with Gasteiger partial charge in [-0.15, -0.1) is 0 Å². The van der Waals surface area contributed by atoms with Crippen LogP contribution in [0.25, 0.3) is 0 Å². The molecule has 4 N–H and O–H groups in total. The van der Waals surface area contributed by atoms with Gasteiger partial charge in [0.2, 0.25) is 0 Å². The largest absolute Gasteiger partial charge is 0.493 e. The maximum absolute atomic E-state index is 10.7. The number of benzene rings is 1. The molecule has 18 heavy (non-hydrogen) atoms. The van der Waals surface area contributed by atoms with Crippen molar-refractivity contribution in [1.29, 1.82) is 0 Å². The Hall–Kier alpha value is -1.75. The van der Waals surface area contributed by atoms with Crippen LogP contribution in [0.1, 0.15) is 18.9 Å². The molecule has 0 spiro atoms. The minimum absolute atomic E-state index is 0.141. The van der Waals surface area contributed by atoms with E-state index in [0.29, 0.717) is 11.5 Å². The summed E-state index contributed by atoms with van der Waals surface area (Å²) >= 11 is 0. The highest BCUT2D eigenvalue weighted by Gasteiger charge is 2.07. The molecule has 1 rings (SSSR count). The first kappa shape index (κ1) is 14.3. The van der Waals surface area contributed by atoms with Crippen LogP contribution in [0.15, 0.2) is 18.2 Å². The van der Waals surface area contributed by atoms with Crippen LogP contribution in [0.4, 0.5) is 0 Å². The van der Waals surface area contributed by atoms with Gasteiger partial charge < -0.3 is 20.5 Å². The molecule has 5 heteroatoms. The van der Waals surface area contributed by atoms with Crippen LogP contribution in [-0.2, 0) is 11.3 Å². The van der Waals surface area contributed by atoms with Gasteiger partial charge in [-0.05, 0) is 24.6 Å². The fraction of sp³-hybridized carbons (Fsp3) is 0.462. The molecular formula is C13H21N2O3+. The highest BCUT2D eigenvalue weighted by Crippen LogP contribution is 2.27. The molecule has 0 aliphatic heterocycles. The first-order valence-electron chi connectivity index (χ1n) is 6.07. The lowest BCUT2D eigenvalue weighted by atomic mass is 10.2. The van der Waals surface area contributed by atoms with Crippen LogP contribution >= 0.6 is 0 Å². The normalized spacial score (nSPS) is 10.1. The van der Waals surface area contributed by atoms with Crippen molar-refractivity contribution in [3.8, 4) is 11.5 Å². The average molecular weight is 253 g/mol. The van der Waals surface area contributed by atoms with E-state index in [1.54, 1.807) is 13.2 Å². The smallest absolute Gasteiger partial charge is 0.255 e. The molecule has 0 unspecified atom stereocenters. The van der Waals surface area contributed by atoms with E-state index in [1.807, 2.05) is 12.1 Å². The molecule has 0 saturated heterocycles. The van der Waals surface area contributed by atoms with E-state index in [2.05, 4.69) is 12.2 Å². The summed E-state index contributed by atoms with van der Waals surface area (Å²) in [5.74, 6) is 0.659. The summed E-state index contributed by atoms with van der Waals surface area (Å²) in [5.41, 5.74) is 6.19. The lowest BCUT2D eigenvalue weighted by Crippen LogP contribution is -2.82. The Labute approximate surface area is 107 Å². The number of methoxy groups -OCH3 is 1. The van der Waals surface area contributed by atoms with E-state index in [4.69, 9.17) is 15.2 Å². The number of carbonyl (C=O) groups excluding carboxylic acids is 1. The predicted octanol–water partition coefficient (Wildman–Crippen LogP) is 0.0327. The number of primary amides is 1. The van der Waals surface area contributed by atoms with Crippen molar-refractivity contribution >= 4 is 5.91 Å². The summed E-state index contributed by atoms with van der Waals surface area (Å²) in [6.07, 6.45) is 1.15. The number of hydrogen-bond acceptors (Lipinski definition) is 3. The standard InChI is InChI=1S/C13H20N2O3/c1-3-6-15-8-10-4-5-11(12(7-10)17-2)18-9-13(14)16/h4-5,7,15H,3,6,8-9H2,1-2H3,(H2,14,16)/p+1. The number of rotatable bonds is 8. The van der Waals surface area contributed by atoms with Crippen molar-refractivity contribution in [2.24, 2.45) is 5.73 Å². The Balaban J connectivity index is 2.67. The molecule has 0 saturated carbocycles. The van der Waals surface area contributed by atoms with Crippen molar-refractivity contribution in [1.82, 2.24) is 0 Å². The van der Waals surface area contributed by atoms with Crippen molar-refractivity contribution < 1.29 is 19.6 Å². The zero-order chi connectivity index (χ0) is 13.4. The highest BCUT2D eigenvalue weighted by molar-refractivity contribution is 5.75. The second-order valence-electron chi connectivity index (χ2n) is 4.02. The van der Waals surface area contributed by atoms with E-state index < -0.39 is 5.91 Å². The Bertz CT molecular complexity index is 394. The third-order valence-electron chi connectivity index (χ3n) is 2.47. The first-order chi connectivity index (χ1) is 8.67. The Kier molecular flexibility index (Phi) is 6.00. The molecule has 0 fully saturated rings. The van der Waals surface area contributed by atoms with Gasteiger partial charge in [-0.3, -0.25) is 4.79 Å². The maximum Gasteiger partial charge on any atom is 0.255 e. The van der Waals surface area contributed by atoms with Gasteiger partial charge in [-0.1, -0.05) is 6.92 Å². The average Bonchev–Trinajstić information content (AvgIpc) is 2.37. The number of hydrogen-bond donors (Lipinski definition) is 2. The summed E-state index contributed by atoms with van der Waals surface area (Å²) in [5, 5.41) is 2.23. The summed E-state index contributed by atoms with van der Waals surface area (Å²) in [4.78, 5) is 10.7. The van der Waals surface area contributed by atoms with E-state index in [1.165, 1.54) is 0 Å². The molecule has 1 amide bonds. The molecule has 100 valence electrons. The Morgan fingerprint density at radius 3 is 2.78 bits per heavy atom. The van der Waals surface area contributed by atoms with Crippen LogP contribution < -0.4 is 20.5 Å². The van der Waals surface area contributed by atoms with Crippen molar-refractivity contribution in [3.05, 3.63) is 23.8 Å². The van der Waals surface area contributed by atoms with Crippen molar-refractivity contribution in [2.75, 3.05) is 20.3 Å². The monoisotopic (exact) mass is 253 g/mol. The van der Waals surface area contributed by atoms with Crippen LogP contribution in [-0.4, -0.2) is 26.2 Å². The van der Waals surface area contributed by atoms with Gasteiger partial charge in [0, 0.05) is 5.56 Å². The molecule has 0 atom stereocenters. The Morgan fingerprint density at radius 1 is 1.39 bits per heavy atom. The summed E-state index contributed by atoms with van der Waals surface area (Å²) < 4.78 is 10.5. The second-order valence-corrected chi connectivity index (χ2v) is 4.02. The molecule has 1 aromatic rings. The third kappa shape index (κ3) is 4.63. The molecule has 0 radical (unpaired) electrons. The zero-order valence-corrected chi connectivity index (χ0v) is 10.9. The SMILES string of the molecule is CCC[NH2+]Cc1ccc(OCC(N)=O)c(OC)c1. The van der Waals surface area contributed by atoms with Crippen LogP contribution in [0.5, 0.6) is 11.5 Å². The molecule has 5 nitrogen and oxygen atoms in total. The number of quaternary nitrogens is 1. The summed E-state index contributed by atoms with van der Waals surface area (Å²) in [6.45, 7) is 4.01. The fourth-order valence-electron chi connectivity index (χ4n) is 1.58. The molecule has 1 aromatic carbocycles. The summed E-state index contributed by atoms with van der Waals surface area (Å²) in [7, 11) is 1.58. The minimum atomic E-state index is -0.502. The molecule has 0 aliphatic rings. The molecule has 0 heterocycles. The lowest BCUT2D eigenvalue weighted by molar-refractivity contribution is -0.670. The van der Waals surface area contributed by atoms with Gasteiger partial charge in [0.25, 0.3) is 5.91 Å². The Morgan fingerprint density at radius 2 is 2.17 bits per heavy atom. The fourth-order valence-corrected chi connectivity index (χ4v) is 1.58. The molecule has 0 aliphatic carbocycles. The quantitative estimate of drug-likeness (QED) is 0.642.